The average Bonchev–Trinajstić information content (AvgIpc) is 2.53. The molecule has 1 amide bonds. The van der Waals surface area contributed by atoms with Crippen LogP contribution in [0.5, 0.6) is 0 Å². The van der Waals surface area contributed by atoms with Crippen LogP contribution in [0.3, 0.4) is 0 Å². The summed E-state index contributed by atoms with van der Waals surface area (Å²) in [5.74, 6) is 1.13. The number of nitrogens with one attached hydrogen (secondary N) is 1. The van der Waals surface area contributed by atoms with Crippen molar-refractivity contribution in [1.82, 2.24) is 10.2 Å². The first-order valence-corrected chi connectivity index (χ1v) is 6.71. The van der Waals surface area contributed by atoms with E-state index < -0.39 is 0 Å². The summed E-state index contributed by atoms with van der Waals surface area (Å²) in [6.45, 7) is 6.35. The Balaban J connectivity index is 2.03. The molecule has 0 bridgehead atoms. The normalized spacial score (nSPS) is 40.4. The molecule has 4 atom stereocenters. The molecule has 1 heterocycles. The largest absolute Gasteiger partial charge is 0.323 e. The molecular formula is C13H24N2O. The van der Waals surface area contributed by atoms with E-state index in [0.717, 1.165) is 5.92 Å². The van der Waals surface area contributed by atoms with Crippen LogP contribution in [-0.2, 0) is 4.79 Å². The third kappa shape index (κ3) is 2.10. The van der Waals surface area contributed by atoms with Crippen molar-refractivity contribution in [3.05, 3.63) is 0 Å². The van der Waals surface area contributed by atoms with Crippen LogP contribution >= 0.6 is 0 Å². The molecule has 2 rings (SSSR count). The Morgan fingerprint density at radius 1 is 1.38 bits per heavy atom. The number of hydrogen-bond acceptors (Lipinski definition) is 2. The highest BCUT2D eigenvalue weighted by atomic mass is 16.2. The molecule has 0 aromatic carbocycles. The molecule has 0 aromatic heterocycles. The Morgan fingerprint density at radius 3 is 2.69 bits per heavy atom. The highest BCUT2D eigenvalue weighted by molar-refractivity contribution is 5.84. The minimum absolute atomic E-state index is 0.0111. The van der Waals surface area contributed by atoms with Gasteiger partial charge in [0.05, 0.1) is 12.2 Å². The summed E-state index contributed by atoms with van der Waals surface area (Å²) in [6, 6.07) is 0.496. The number of carbonyl (C=O) groups excluding carboxylic acids is 1. The lowest BCUT2D eigenvalue weighted by Crippen LogP contribution is -2.45. The zero-order chi connectivity index (χ0) is 11.7. The second-order valence-corrected chi connectivity index (χ2v) is 5.40. The lowest BCUT2D eigenvalue weighted by atomic mass is 9.83. The van der Waals surface area contributed by atoms with E-state index in [4.69, 9.17) is 0 Å². The van der Waals surface area contributed by atoms with Gasteiger partial charge in [0.1, 0.15) is 0 Å². The van der Waals surface area contributed by atoms with Crippen molar-refractivity contribution in [2.45, 2.75) is 71.1 Å². The van der Waals surface area contributed by atoms with Gasteiger partial charge in [-0.3, -0.25) is 10.1 Å². The van der Waals surface area contributed by atoms with E-state index in [-0.39, 0.29) is 12.2 Å². The van der Waals surface area contributed by atoms with E-state index in [2.05, 4.69) is 24.1 Å². The number of rotatable bonds is 2. The molecule has 1 saturated carbocycles. The van der Waals surface area contributed by atoms with Gasteiger partial charge in [-0.1, -0.05) is 26.2 Å². The van der Waals surface area contributed by atoms with E-state index in [9.17, 15) is 4.79 Å². The zero-order valence-corrected chi connectivity index (χ0v) is 10.7. The van der Waals surface area contributed by atoms with Gasteiger partial charge in [0.15, 0.2) is 0 Å². The number of carbonyl (C=O) groups is 1. The molecule has 1 N–H and O–H groups in total. The van der Waals surface area contributed by atoms with Crippen LogP contribution in [0.15, 0.2) is 0 Å². The molecule has 16 heavy (non-hydrogen) atoms. The van der Waals surface area contributed by atoms with Crippen LogP contribution in [0.1, 0.15) is 52.9 Å². The Morgan fingerprint density at radius 2 is 2.12 bits per heavy atom. The molecule has 1 saturated heterocycles. The summed E-state index contributed by atoms with van der Waals surface area (Å²) in [4.78, 5) is 14.2. The topological polar surface area (TPSA) is 32.3 Å². The predicted molar refractivity (Wildman–Crippen MR) is 64.9 cm³/mol. The molecule has 0 radical (unpaired) electrons. The molecular weight excluding hydrogens is 200 g/mol. The van der Waals surface area contributed by atoms with E-state index in [1.165, 1.54) is 32.1 Å². The van der Waals surface area contributed by atoms with Crippen molar-refractivity contribution in [2.24, 2.45) is 5.92 Å². The highest BCUT2D eigenvalue weighted by Gasteiger charge is 2.39. The summed E-state index contributed by atoms with van der Waals surface area (Å²) in [5.41, 5.74) is 0. The molecule has 1 aliphatic carbocycles. The first-order valence-electron chi connectivity index (χ1n) is 6.71. The Labute approximate surface area is 98.6 Å². The van der Waals surface area contributed by atoms with Crippen molar-refractivity contribution in [3.8, 4) is 0 Å². The van der Waals surface area contributed by atoms with Crippen LogP contribution in [0.4, 0.5) is 0 Å². The maximum Gasteiger partial charge on any atom is 0.240 e. The second-order valence-electron chi connectivity index (χ2n) is 5.40. The Kier molecular flexibility index (Phi) is 3.53. The van der Waals surface area contributed by atoms with Gasteiger partial charge >= 0.3 is 0 Å². The third-order valence-corrected chi connectivity index (χ3v) is 4.26. The number of nitrogens with zero attached hydrogens (tertiary/aromatic N) is 1. The van der Waals surface area contributed by atoms with Crippen molar-refractivity contribution < 1.29 is 4.79 Å². The molecule has 1 aliphatic heterocycles. The second kappa shape index (κ2) is 4.74. The fourth-order valence-electron chi connectivity index (χ4n) is 3.31. The first-order chi connectivity index (χ1) is 7.63. The molecule has 3 heteroatoms. The zero-order valence-electron chi connectivity index (χ0n) is 10.7. The standard InChI is InChI=1S/C13H24N2O/c1-4-11-6-5-7-12(8-11)15-10(3)14-9(2)13(15)16/h9-12,14H,4-8H2,1-3H3. The van der Waals surface area contributed by atoms with Crippen LogP contribution in [0, 0.1) is 5.92 Å². The van der Waals surface area contributed by atoms with E-state index in [0.29, 0.717) is 11.9 Å². The minimum atomic E-state index is 0.0111. The van der Waals surface area contributed by atoms with Crippen molar-refractivity contribution in [3.63, 3.8) is 0 Å². The summed E-state index contributed by atoms with van der Waals surface area (Å²) in [6.07, 6.45) is 6.53. The first kappa shape index (κ1) is 11.9. The van der Waals surface area contributed by atoms with E-state index >= 15 is 0 Å². The van der Waals surface area contributed by atoms with Gasteiger partial charge in [0, 0.05) is 6.04 Å². The molecule has 3 nitrogen and oxygen atoms in total. The van der Waals surface area contributed by atoms with Crippen LogP contribution in [0.2, 0.25) is 0 Å². The number of hydrogen-bond donors (Lipinski definition) is 1. The van der Waals surface area contributed by atoms with Gasteiger partial charge in [-0.05, 0) is 32.6 Å². The number of amides is 1. The van der Waals surface area contributed by atoms with Crippen LogP contribution < -0.4 is 5.32 Å². The van der Waals surface area contributed by atoms with E-state index in [1.807, 2.05) is 6.92 Å². The van der Waals surface area contributed by atoms with Gasteiger partial charge < -0.3 is 4.90 Å². The molecule has 0 spiro atoms. The van der Waals surface area contributed by atoms with Crippen LogP contribution in [-0.4, -0.2) is 29.1 Å². The van der Waals surface area contributed by atoms with Gasteiger partial charge in [-0.15, -0.1) is 0 Å². The average molecular weight is 224 g/mol. The molecule has 0 aromatic rings. The third-order valence-electron chi connectivity index (χ3n) is 4.26. The van der Waals surface area contributed by atoms with Crippen LogP contribution in [0.25, 0.3) is 0 Å². The quantitative estimate of drug-likeness (QED) is 0.779. The fourth-order valence-corrected chi connectivity index (χ4v) is 3.31. The summed E-state index contributed by atoms with van der Waals surface area (Å²) in [7, 11) is 0. The van der Waals surface area contributed by atoms with Crippen molar-refractivity contribution >= 4 is 5.91 Å². The van der Waals surface area contributed by atoms with Crippen molar-refractivity contribution in [1.29, 1.82) is 0 Å². The molecule has 92 valence electrons. The summed E-state index contributed by atoms with van der Waals surface area (Å²) in [5, 5.41) is 3.32. The maximum atomic E-state index is 12.1. The maximum absolute atomic E-state index is 12.1. The smallest absolute Gasteiger partial charge is 0.240 e. The van der Waals surface area contributed by atoms with Crippen molar-refractivity contribution in [2.75, 3.05) is 0 Å². The monoisotopic (exact) mass is 224 g/mol. The van der Waals surface area contributed by atoms with Gasteiger partial charge in [-0.25, -0.2) is 0 Å². The highest BCUT2D eigenvalue weighted by Crippen LogP contribution is 2.32. The summed E-state index contributed by atoms with van der Waals surface area (Å²) >= 11 is 0. The lowest BCUT2D eigenvalue weighted by Gasteiger charge is -2.37. The molecule has 4 unspecified atom stereocenters. The minimum Gasteiger partial charge on any atom is -0.323 e. The summed E-state index contributed by atoms with van der Waals surface area (Å²) < 4.78 is 0. The van der Waals surface area contributed by atoms with Gasteiger partial charge in [0.2, 0.25) is 5.91 Å². The van der Waals surface area contributed by atoms with Gasteiger partial charge in [-0.2, -0.15) is 0 Å². The SMILES string of the molecule is CCC1CCCC(N2C(=O)C(C)NC2C)C1. The lowest BCUT2D eigenvalue weighted by molar-refractivity contribution is -0.132. The van der Waals surface area contributed by atoms with Gasteiger partial charge in [0.25, 0.3) is 0 Å². The van der Waals surface area contributed by atoms with E-state index in [1.54, 1.807) is 0 Å². The Hall–Kier alpha value is -0.570. The molecule has 2 aliphatic rings. The Bertz CT molecular complexity index is 267. The molecule has 2 fully saturated rings. The predicted octanol–water partition coefficient (Wildman–Crippen LogP) is 2.12. The fraction of sp³-hybridized carbons (Fsp3) is 0.923.